The van der Waals surface area contributed by atoms with E-state index >= 15 is 0 Å². The van der Waals surface area contributed by atoms with E-state index in [1.807, 2.05) is 12.2 Å². The van der Waals surface area contributed by atoms with Gasteiger partial charge in [-0.25, -0.2) is 8.78 Å². The van der Waals surface area contributed by atoms with Crippen LogP contribution in [-0.2, 0) is 14.3 Å². The van der Waals surface area contributed by atoms with E-state index in [0.29, 0.717) is 17.9 Å². The molecular weight excluding hydrogens is 396 g/mol. The lowest BCUT2D eigenvalue weighted by molar-refractivity contribution is -0.153. The molecule has 0 radical (unpaired) electrons. The smallest absolute Gasteiger partial charge is 0.307 e. The van der Waals surface area contributed by atoms with E-state index in [2.05, 4.69) is 0 Å². The van der Waals surface area contributed by atoms with Gasteiger partial charge in [-0.2, -0.15) is 0 Å². The average molecular weight is 419 g/mol. The third-order valence-electron chi connectivity index (χ3n) is 4.09. The van der Waals surface area contributed by atoms with Crippen molar-refractivity contribution in [2.75, 3.05) is 11.9 Å². The van der Waals surface area contributed by atoms with Gasteiger partial charge in [0.05, 0.1) is 13.0 Å². The summed E-state index contributed by atoms with van der Waals surface area (Å²) in [6.07, 6.45) is -0.765. The second kappa shape index (κ2) is 11.0. The Morgan fingerprint density at radius 1 is 1.00 bits per heavy atom. The highest BCUT2D eigenvalue weighted by molar-refractivity contribution is 5.98. The van der Waals surface area contributed by atoms with Crippen molar-refractivity contribution < 1.29 is 32.6 Å². The summed E-state index contributed by atoms with van der Waals surface area (Å²) in [4.78, 5) is 36.1. The first kappa shape index (κ1) is 23.0. The van der Waals surface area contributed by atoms with Gasteiger partial charge in [0.1, 0.15) is 23.1 Å². The maximum atomic E-state index is 13.6. The number of para-hydroxylation sites is 1. The molecule has 1 amide bonds. The number of carbonyl (C=O) groups excluding carboxylic acids is 3. The second-order valence-corrected chi connectivity index (χ2v) is 6.51. The first-order chi connectivity index (χ1) is 14.3. The van der Waals surface area contributed by atoms with Gasteiger partial charge in [0, 0.05) is 12.0 Å². The number of esters is 1. The Balaban J connectivity index is 1.81. The summed E-state index contributed by atoms with van der Waals surface area (Å²) in [5.41, 5.74) is -0.195. The van der Waals surface area contributed by atoms with E-state index < -0.39 is 35.3 Å². The Bertz CT molecular complexity index is 879. The van der Waals surface area contributed by atoms with Gasteiger partial charge in [-0.05, 0) is 49.7 Å². The summed E-state index contributed by atoms with van der Waals surface area (Å²) < 4.78 is 37.6. The number of hydrogen-bond donors (Lipinski definition) is 1. The third kappa shape index (κ3) is 6.65. The van der Waals surface area contributed by atoms with Crippen molar-refractivity contribution in [3.8, 4) is 5.75 Å². The van der Waals surface area contributed by atoms with Crippen LogP contribution in [0, 0.1) is 11.6 Å². The van der Waals surface area contributed by atoms with E-state index in [4.69, 9.17) is 9.47 Å². The van der Waals surface area contributed by atoms with Crippen LogP contribution in [0.25, 0.3) is 0 Å². The molecule has 0 aliphatic heterocycles. The molecule has 0 heterocycles. The lowest BCUT2D eigenvalue weighted by Gasteiger charge is -2.14. The molecule has 1 N–H and O–H groups in total. The molecule has 0 aliphatic carbocycles. The van der Waals surface area contributed by atoms with Gasteiger partial charge in [-0.1, -0.05) is 13.0 Å². The molecule has 0 aliphatic rings. The fourth-order valence-corrected chi connectivity index (χ4v) is 2.47. The van der Waals surface area contributed by atoms with Crippen molar-refractivity contribution >= 4 is 23.3 Å². The van der Waals surface area contributed by atoms with Crippen LogP contribution in [0.1, 0.15) is 43.5 Å². The molecule has 0 saturated carbocycles. The first-order valence-electron chi connectivity index (χ1n) is 9.52. The number of Topliss-reactive ketones (excluding diaryl/α,β-unsaturated/α-hetero) is 1. The minimum atomic E-state index is -1.29. The zero-order valence-corrected chi connectivity index (χ0v) is 16.7. The molecule has 30 heavy (non-hydrogen) atoms. The summed E-state index contributed by atoms with van der Waals surface area (Å²) in [5, 5.41) is 2.05. The molecule has 2 aromatic carbocycles. The number of anilines is 1. The normalized spacial score (nSPS) is 11.5. The predicted octanol–water partition coefficient (Wildman–Crippen LogP) is 4.29. The SMILES string of the molecule is CCCOc1ccc(C(=O)CCC(=O)O[C@H](C)C(=O)Nc2c(F)cccc2F)cc1. The summed E-state index contributed by atoms with van der Waals surface area (Å²) in [5.74, 6) is -3.17. The fraction of sp³-hybridized carbons (Fsp3) is 0.318. The zero-order valence-electron chi connectivity index (χ0n) is 16.7. The van der Waals surface area contributed by atoms with Gasteiger partial charge in [0.25, 0.3) is 5.91 Å². The number of nitrogens with one attached hydrogen (secondary N) is 1. The maximum absolute atomic E-state index is 13.6. The van der Waals surface area contributed by atoms with E-state index in [-0.39, 0.29) is 18.6 Å². The number of halogens is 2. The highest BCUT2D eigenvalue weighted by atomic mass is 19.1. The first-order valence-corrected chi connectivity index (χ1v) is 9.52. The Hall–Kier alpha value is -3.29. The average Bonchev–Trinajstić information content (AvgIpc) is 2.73. The molecule has 2 aromatic rings. The fourth-order valence-electron chi connectivity index (χ4n) is 2.47. The third-order valence-corrected chi connectivity index (χ3v) is 4.09. The summed E-state index contributed by atoms with van der Waals surface area (Å²) in [7, 11) is 0. The molecule has 2 rings (SSSR count). The maximum Gasteiger partial charge on any atom is 0.307 e. The van der Waals surface area contributed by atoms with Crippen LogP contribution in [-0.4, -0.2) is 30.4 Å². The van der Waals surface area contributed by atoms with Crippen LogP contribution >= 0.6 is 0 Å². The van der Waals surface area contributed by atoms with E-state index in [0.717, 1.165) is 24.6 Å². The van der Waals surface area contributed by atoms with Crippen molar-refractivity contribution in [3.05, 3.63) is 59.7 Å². The monoisotopic (exact) mass is 419 g/mol. The number of rotatable bonds is 10. The van der Waals surface area contributed by atoms with Crippen LogP contribution in [0.5, 0.6) is 5.75 Å². The Labute approximate surface area is 173 Å². The van der Waals surface area contributed by atoms with Crippen LogP contribution in [0.2, 0.25) is 0 Å². The van der Waals surface area contributed by atoms with Crippen molar-refractivity contribution in [1.82, 2.24) is 0 Å². The van der Waals surface area contributed by atoms with E-state index in [1.54, 1.807) is 24.3 Å². The molecule has 0 aromatic heterocycles. The molecule has 160 valence electrons. The largest absolute Gasteiger partial charge is 0.494 e. The quantitative estimate of drug-likeness (QED) is 0.459. The number of benzene rings is 2. The highest BCUT2D eigenvalue weighted by Gasteiger charge is 2.21. The minimum absolute atomic E-state index is 0.107. The van der Waals surface area contributed by atoms with Gasteiger partial charge in [0.15, 0.2) is 11.9 Å². The lowest BCUT2D eigenvalue weighted by atomic mass is 10.1. The number of ether oxygens (including phenoxy) is 2. The molecule has 6 nitrogen and oxygen atoms in total. The van der Waals surface area contributed by atoms with Crippen molar-refractivity contribution in [1.29, 1.82) is 0 Å². The Morgan fingerprint density at radius 2 is 1.63 bits per heavy atom. The van der Waals surface area contributed by atoms with Crippen molar-refractivity contribution in [2.24, 2.45) is 0 Å². The topological polar surface area (TPSA) is 81.7 Å². The highest BCUT2D eigenvalue weighted by Crippen LogP contribution is 2.19. The van der Waals surface area contributed by atoms with Gasteiger partial charge in [-0.15, -0.1) is 0 Å². The molecule has 0 bridgehead atoms. The molecule has 1 atom stereocenters. The van der Waals surface area contributed by atoms with Crippen molar-refractivity contribution in [3.63, 3.8) is 0 Å². The zero-order chi connectivity index (χ0) is 22.1. The Kier molecular flexibility index (Phi) is 8.46. The van der Waals surface area contributed by atoms with Crippen LogP contribution in [0.4, 0.5) is 14.5 Å². The molecule has 0 saturated heterocycles. The Morgan fingerprint density at radius 3 is 2.23 bits per heavy atom. The molecule has 0 unspecified atom stereocenters. The summed E-state index contributed by atoms with van der Waals surface area (Å²) >= 11 is 0. The number of carbonyl (C=O) groups is 3. The summed E-state index contributed by atoms with van der Waals surface area (Å²) in [6, 6.07) is 9.71. The van der Waals surface area contributed by atoms with Gasteiger partial charge >= 0.3 is 5.97 Å². The summed E-state index contributed by atoms with van der Waals surface area (Å²) in [6.45, 7) is 3.83. The van der Waals surface area contributed by atoms with Crippen LogP contribution < -0.4 is 10.1 Å². The predicted molar refractivity (Wildman–Crippen MR) is 106 cm³/mol. The van der Waals surface area contributed by atoms with Gasteiger partial charge in [-0.3, -0.25) is 14.4 Å². The molecule has 0 spiro atoms. The van der Waals surface area contributed by atoms with Gasteiger partial charge < -0.3 is 14.8 Å². The lowest BCUT2D eigenvalue weighted by Crippen LogP contribution is -2.30. The van der Waals surface area contributed by atoms with Crippen molar-refractivity contribution in [2.45, 2.75) is 39.2 Å². The number of amides is 1. The van der Waals surface area contributed by atoms with Crippen LogP contribution in [0.15, 0.2) is 42.5 Å². The second-order valence-electron chi connectivity index (χ2n) is 6.51. The van der Waals surface area contributed by atoms with E-state index in [1.165, 1.54) is 6.92 Å². The number of ketones is 1. The van der Waals surface area contributed by atoms with E-state index in [9.17, 15) is 23.2 Å². The molecular formula is C22H23F2NO5. The molecule has 0 fully saturated rings. The van der Waals surface area contributed by atoms with Crippen LogP contribution in [0.3, 0.4) is 0 Å². The molecule has 8 heteroatoms. The standard InChI is InChI=1S/C22H23F2NO5/c1-3-13-29-16-9-7-15(8-10-16)19(26)11-12-20(27)30-14(2)22(28)25-21-17(23)5-4-6-18(21)24/h4-10,14H,3,11-13H2,1-2H3,(H,25,28)/t14-/m1/s1. The number of hydrogen-bond acceptors (Lipinski definition) is 5. The minimum Gasteiger partial charge on any atom is -0.494 e. The van der Waals surface area contributed by atoms with Gasteiger partial charge in [0.2, 0.25) is 0 Å².